The lowest BCUT2D eigenvalue weighted by Crippen LogP contribution is -2.50. The van der Waals surface area contributed by atoms with Crippen molar-refractivity contribution in [1.29, 1.82) is 0 Å². The fourth-order valence-corrected chi connectivity index (χ4v) is 4.61. The fourth-order valence-electron chi connectivity index (χ4n) is 3.48. The number of sulfonamides is 1. The van der Waals surface area contributed by atoms with Crippen LogP contribution in [0, 0.1) is 0 Å². The van der Waals surface area contributed by atoms with Crippen LogP contribution < -0.4 is 4.90 Å². The van der Waals surface area contributed by atoms with Crippen LogP contribution >= 0.6 is 0 Å². The van der Waals surface area contributed by atoms with Crippen molar-refractivity contribution < 1.29 is 30.4 Å². The Morgan fingerprint density at radius 1 is 1.17 bits per heavy atom. The van der Waals surface area contributed by atoms with Crippen LogP contribution in [-0.2, 0) is 10.0 Å². The highest BCUT2D eigenvalue weighted by Gasteiger charge is 2.39. The second kappa shape index (κ2) is 7.98. The van der Waals surface area contributed by atoms with Crippen molar-refractivity contribution in [2.45, 2.75) is 31.5 Å². The van der Waals surface area contributed by atoms with E-state index in [-0.39, 0.29) is 31.7 Å². The topological polar surface area (TPSA) is 66.4 Å². The number of piperidine rings is 1. The third kappa shape index (κ3) is 5.10. The Balaban J connectivity index is 1.85. The minimum absolute atomic E-state index is 0.117. The Morgan fingerprint density at radius 3 is 2.34 bits per heavy atom. The Kier molecular flexibility index (Phi) is 5.95. The number of aromatic nitrogens is 2. The quantitative estimate of drug-likeness (QED) is 0.670. The molecule has 2 heterocycles. The summed E-state index contributed by atoms with van der Waals surface area (Å²) >= 11 is 0. The maximum atomic E-state index is 13.2. The predicted molar refractivity (Wildman–Crippen MR) is 97.3 cm³/mol. The normalized spacial score (nSPS) is 16.9. The van der Waals surface area contributed by atoms with Gasteiger partial charge in [0.05, 0.1) is 11.8 Å². The molecule has 0 saturated carbocycles. The number of alkyl halides is 5. The van der Waals surface area contributed by atoms with Crippen LogP contribution in [0.3, 0.4) is 0 Å². The highest BCUT2D eigenvalue weighted by molar-refractivity contribution is 7.88. The van der Waals surface area contributed by atoms with Crippen molar-refractivity contribution in [3.8, 4) is 0 Å². The van der Waals surface area contributed by atoms with E-state index in [1.807, 2.05) is 0 Å². The van der Waals surface area contributed by atoms with Gasteiger partial charge < -0.3 is 4.90 Å². The summed E-state index contributed by atoms with van der Waals surface area (Å²) in [5, 5.41) is 0.547. The van der Waals surface area contributed by atoms with Gasteiger partial charge in [-0.15, -0.1) is 0 Å². The van der Waals surface area contributed by atoms with Gasteiger partial charge in [-0.05, 0) is 25.0 Å². The van der Waals surface area contributed by atoms with E-state index in [0.29, 0.717) is 15.2 Å². The molecule has 29 heavy (non-hydrogen) atoms. The average molecular weight is 438 g/mol. The summed E-state index contributed by atoms with van der Waals surface area (Å²) < 4.78 is 89.0. The van der Waals surface area contributed by atoms with Crippen LogP contribution in [0.2, 0.25) is 0 Å². The van der Waals surface area contributed by atoms with Gasteiger partial charge in [-0.1, -0.05) is 12.1 Å². The van der Waals surface area contributed by atoms with Crippen LogP contribution in [0.15, 0.2) is 24.3 Å². The first kappa shape index (κ1) is 21.6. The highest BCUT2D eigenvalue weighted by atomic mass is 32.2. The molecule has 0 radical (unpaired) electrons. The van der Waals surface area contributed by atoms with E-state index in [4.69, 9.17) is 0 Å². The van der Waals surface area contributed by atoms with Gasteiger partial charge in [-0.25, -0.2) is 27.2 Å². The largest absolute Gasteiger partial charge is 0.402 e. The smallest absolute Gasteiger partial charge is 0.356 e. The Morgan fingerprint density at radius 2 is 1.79 bits per heavy atom. The zero-order chi connectivity index (χ0) is 21.4. The first-order valence-corrected chi connectivity index (χ1v) is 10.6. The Hall–Kier alpha value is -2.08. The molecular formula is C17H19F5N4O2S. The zero-order valence-electron chi connectivity index (χ0n) is 15.4. The van der Waals surface area contributed by atoms with Gasteiger partial charge in [-0.3, -0.25) is 0 Å². The minimum Gasteiger partial charge on any atom is -0.356 e. The number of hydrogen-bond donors (Lipinski definition) is 0. The number of anilines is 1. The summed E-state index contributed by atoms with van der Waals surface area (Å²) in [6.07, 6.45) is -6.55. The summed E-state index contributed by atoms with van der Waals surface area (Å²) in [5.41, 5.74) is 0.338. The number of rotatable bonds is 5. The van der Waals surface area contributed by atoms with E-state index >= 15 is 0 Å². The molecule has 2 aromatic rings. The summed E-state index contributed by atoms with van der Waals surface area (Å²) in [5.74, 6) is -0.360. The lowest BCUT2D eigenvalue weighted by molar-refractivity contribution is -0.139. The molecule has 3 rings (SSSR count). The first-order valence-electron chi connectivity index (χ1n) is 8.79. The van der Waals surface area contributed by atoms with Crippen molar-refractivity contribution in [2.75, 3.05) is 30.8 Å². The molecule has 0 atom stereocenters. The van der Waals surface area contributed by atoms with Gasteiger partial charge in [0.15, 0.2) is 5.82 Å². The van der Waals surface area contributed by atoms with Gasteiger partial charge in [0.1, 0.15) is 12.4 Å². The molecule has 0 amide bonds. The van der Waals surface area contributed by atoms with Crippen molar-refractivity contribution >= 4 is 26.7 Å². The molecule has 1 fully saturated rings. The van der Waals surface area contributed by atoms with Crippen molar-refractivity contribution in [3.05, 3.63) is 30.1 Å². The fraction of sp³-hybridized carbons (Fsp3) is 0.529. The molecule has 1 aromatic heterocycles. The van der Waals surface area contributed by atoms with E-state index in [9.17, 15) is 30.4 Å². The van der Waals surface area contributed by atoms with Gasteiger partial charge >= 0.3 is 6.18 Å². The van der Waals surface area contributed by atoms with E-state index in [1.165, 1.54) is 0 Å². The van der Waals surface area contributed by atoms with E-state index < -0.39 is 41.0 Å². The number of hydrogen-bond acceptors (Lipinski definition) is 5. The number of nitrogens with zero attached hydrogens (tertiary/aromatic N) is 4. The first-order chi connectivity index (χ1) is 13.5. The second-order valence-electron chi connectivity index (χ2n) is 6.86. The number of halogens is 5. The number of benzene rings is 1. The maximum Gasteiger partial charge on any atom is 0.402 e. The van der Waals surface area contributed by atoms with Gasteiger partial charge in [0, 0.05) is 24.5 Å². The maximum absolute atomic E-state index is 13.2. The number of fused-ring (bicyclic) bond motifs is 1. The molecular weight excluding hydrogens is 419 g/mol. The van der Waals surface area contributed by atoms with Gasteiger partial charge in [0.25, 0.3) is 6.43 Å². The number of para-hydroxylation sites is 1. The molecule has 6 nitrogen and oxygen atoms in total. The molecule has 0 bridgehead atoms. The predicted octanol–water partition coefficient (Wildman–Crippen LogP) is 3.36. The van der Waals surface area contributed by atoms with Gasteiger partial charge in [-0.2, -0.15) is 17.5 Å². The second-order valence-corrected chi connectivity index (χ2v) is 8.80. The molecule has 1 saturated heterocycles. The average Bonchev–Trinajstić information content (AvgIpc) is 2.64. The van der Waals surface area contributed by atoms with E-state index in [0.717, 1.165) is 6.26 Å². The van der Waals surface area contributed by atoms with Crippen molar-refractivity contribution in [2.24, 2.45) is 0 Å². The van der Waals surface area contributed by atoms with Crippen molar-refractivity contribution in [1.82, 2.24) is 14.3 Å². The molecule has 12 heteroatoms. The van der Waals surface area contributed by atoms with E-state index in [2.05, 4.69) is 9.97 Å². The molecule has 0 spiro atoms. The Labute approximate surface area is 164 Å². The highest BCUT2D eigenvalue weighted by Crippen LogP contribution is 2.31. The van der Waals surface area contributed by atoms with Crippen molar-refractivity contribution in [3.63, 3.8) is 0 Å². The third-order valence-electron chi connectivity index (χ3n) is 4.73. The molecule has 160 valence electrons. The minimum atomic E-state index is -4.66. The lowest BCUT2D eigenvalue weighted by Gasteiger charge is -2.38. The summed E-state index contributed by atoms with van der Waals surface area (Å²) in [7, 11) is -4.06. The van der Waals surface area contributed by atoms with Crippen LogP contribution in [0.25, 0.3) is 10.9 Å². The third-order valence-corrected chi connectivity index (χ3v) is 6.01. The molecule has 1 aliphatic heterocycles. The van der Waals surface area contributed by atoms with Crippen LogP contribution in [0.5, 0.6) is 0 Å². The van der Waals surface area contributed by atoms with E-state index in [1.54, 1.807) is 29.2 Å². The lowest BCUT2D eigenvalue weighted by atomic mass is 10.0. The Bertz CT molecular complexity index is 975. The molecule has 1 aromatic carbocycles. The van der Waals surface area contributed by atoms with Crippen LogP contribution in [-0.4, -0.2) is 60.8 Å². The monoisotopic (exact) mass is 438 g/mol. The molecule has 1 aliphatic rings. The SMILES string of the molecule is CS(=O)(=O)N(CC(F)(F)F)C1CCN(c2nc(C(F)F)nc3ccccc23)CC1. The van der Waals surface area contributed by atoms with Crippen LogP contribution in [0.4, 0.5) is 27.8 Å². The molecule has 0 N–H and O–H groups in total. The summed E-state index contributed by atoms with van der Waals surface area (Å²) in [6.45, 7) is -1.20. The summed E-state index contributed by atoms with van der Waals surface area (Å²) in [4.78, 5) is 9.48. The summed E-state index contributed by atoms with van der Waals surface area (Å²) in [6, 6.07) is 5.79. The zero-order valence-corrected chi connectivity index (χ0v) is 16.2. The molecule has 0 aliphatic carbocycles. The van der Waals surface area contributed by atoms with Gasteiger partial charge in [0.2, 0.25) is 10.0 Å². The molecule has 0 unspecified atom stereocenters. The standard InChI is InChI=1S/C17H19F5N4O2S/c1-29(27,28)26(10-17(20,21)22)11-6-8-25(9-7-11)16-12-4-2-3-5-13(12)23-15(24-16)14(18)19/h2-5,11,14H,6-10H2,1H3. The van der Waals surface area contributed by atoms with Crippen LogP contribution in [0.1, 0.15) is 25.1 Å².